The van der Waals surface area contributed by atoms with Crippen LogP contribution < -0.4 is 5.73 Å². The highest BCUT2D eigenvalue weighted by atomic mass is 35.5. The molecule has 0 saturated carbocycles. The van der Waals surface area contributed by atoms with Gasteiger partial charge in [-0.3, -0.25) is 4.40 Å². The minimum atomic E-state index is -0.687. The van der Waals surface area contributed by atoms with Crippen molar-refractivity contribution in [3.8, 4) is 11.4 Å². The number of halogens is 3. The molecule has 0 bridgehead atoms. The van der Waals surface area contributed by atoms with E-state index in [1.54, 1.807) is 16.5 Å². The van der Waals surface area contributed by atoms with Gasteiger partial charge in [0.2, 0.25) is 0 Å². The van der Waals surface area contributed by atoms with Gasteiger partial charge in [-0.1, -0.05) is 23.2 Å². The first-order chi connectivity index (χ1) is 10.6. The predicted octanol–water partition coefficient (Wildman–Crippen LogP) is 3.90. The molecule has 9 heteroatoms. The quantitative estimate of drug-likeness (QED) is 0.684. The van der Waals surface area contributed by atoms with Crippen LogP contribution in [0.5, 0.6) is 0 Å². The van der Waals surface area contributed by atoms with E-state index >= 15 is 0 Å². The van der Waals surface area contributed by atoms with Gasteiger partial charge < -0.3 is 5.73 Å². The fourth-order valence-corrected chi connectivity index (χ4v) is 3.00. The highest BCUT2D eigenvalue weighted by Gasteiger charge is 2.29. The van der Waals surface area contributed by atoms with Crippen molar-refractivity contribution in [2.24, 2.45) is 16.0 Å². The van der Waals surface area contributed by atoms with Gasteiger partial charge in [0.15, 0.2) is 11.5 Å². The van der Waals surface area contributed by atoms with Crippen LogP contribution in [-0.4, -0.2) is 14.6 Å². The van der Waals surface area contributed by atoms with Crippen LogP contribution in [-0.2, 0) is 0 Å². The highest BCUT2D eigenvalue weighted by Crippen LogP contribution is 2.45. The first-order valence-electron chi connectivity index (χ1n) is 6.26. The molecule has 0 amide bonds. The van der Waals surface area contributed by atoms with E-state index in [0.717, 1.165) is 0 Å². The van der Waals surface area contributed by atoms with E-state index in [0.29, 0.717) is 28.3 Å². The monoisotopic (exact) mass is 336 g/mol. The van der Waals surface area contributed by atoms with Crippen molar-refractivity contribution in [1.29, 1.82) is 0 Å². The highest BCUT2D eigenvalue weighted by molar-refractivity contribution is 6.38. The third-order valence-electron chi connectivity index (χ3n) is 3.42. The molecule has 22 heavy (non-hydrogen) atoms. The number of nitrogens with two attached hydrogens (primary N) is 1. The molecule has 0 spiro atoms. The Morgan fingerprint density at radius 2 is 1.86 bits per heavy atom. The Morgan fingerprint density at radius 1 is 1.14 bits per heavy atom. The van der Waals surface area contributed by atoms with E-state index in [2.05, 4.69) is 20.4 Å². The topological polar surface area (TPSA) is 80.9 Å². The fourth-order valence-electron chi connectivity index (χ4n) is 2.38. The molecule has 0 radical (unpaired) electrons. The lowest BCUT2D eigenvalue weighted by Crippen LogP contribution is -2.07. The summed E-state index contributed by atoms with van der Waals surface area (Å²) in [5.41, 5.74) is 7.79. The Kier molecular flexibility index (Phi) is 2.90. The van der Waals surface area contributed by atoms with Gasteiger partial charge in [0.05, 0.1) is 5.56 Å². The minimum absolute atomic E-state index is 0.275. The molecule has 1 aromatic carbocycles. The predicted molar refractivity (Wildman–Crippen MR) is 79.8 cm³/mol. The van der Waals surface area contributed by atoms with Crippen molar-refractivity contribution in [1.82, 2.24) is 14.6 Å². The number of rotatable bonds is 1. The van der Waals surface area contributed by atoms with E-state index in [9.17, 15) is 4.39 Å². The Morgan fingerprint density at radius 3 is 2.59 bits per heavy atom. The summed E-state index contributed by atoms with van der Waals surface area (Å²) in [5.74, 6) is 0.0889. The van der Waals surface area contributed by atoms with Crippen molar-refractivity contribution in [3.63, 3.8) is 0 Å². The standard InChI is InChI=1S/C13H7Cl2FN6/c14-8-9-7(11(17)19-18-9)10(15)22-12(20-21-13(8)22)5-1-3-6(16)4-2-5/h1-4,11H,17H2. The zero-order chi connectivity index (χ0) is 15.4. The first-order valence-corrected chi connectivity index (χ1v) is 7.02. The summed E-state index contributed by atoms with van der Waals surface area (Å²) >= 11 is 12.7. The van der Waals surface area contributed by atoms with Crippen LogP contribution >= 0.6 is 23.2 Å². The number of fused-ring (bicyclic) bond motifs is 2. The lowest BCUT2D eigenvalue weighted by atomic mass is 10.2. The number of benzene rings is 1. The van der Waals surface area contributed by atoms with E-state index in [-0.39, 0.29) is 16.0 Å². The largest absolute Gasteiger partial charge is 0.304 e. The Bertz CT molecular complexity index is 934. The summed E-state index contributed by atoms with van der Waals surface area (Å²) in [7, 11) is 0. The third-order valence-corrected chi connectivity index (χ3v) is 4.14. The van der Waals surface area contributed by atoms with Crippen molar-refractivity contribution in [2.45, 2.75) is 6.17 Å². The van der Waals surface area contributed by atoms with Gasteiger partial charge in [0.25, 0.3) is 0 Å². The molecule has 4 rings (SSSR count). The van der Waals surface area contributed by atoms with Gasteiger partial charge in [-0.15, -0.1) is 10.2 Å². The molecule has 110 valence electrons. The molecule has 2 N–H and O–H groups in total. The summed E-state index contributed by atoms with van der Waals surface area (Å²) < 4.78 is 14.6. The second-order valence-electron chi connectivity index (χ2n) is 4.72. The number of nitrogens with zero attached hydrogens (tertiary/aromatic N) is 5. The van der Waals surface area contributed by atoms with E-state index < -0.39 is 6.17 Å². The summed E-state index contributed by atoms with van der Waals surface area (Å²) in [6.45, 7) is 0. The first kappa shape index (κ1) is 13.6. The summed E-state index contributed by atoms with van der Waals surface area (Å²) in [6.07, 6.45) is -0.687. The van der Waals surface area contributed by atoms with Gasteiger partial charge in [-0.25, -0.2) is 4.39 Å². The molecule has 1 unspecified atom stereocenters. The number of azo groups is 1. The van der Waals surface area contributed by atoms with Crippen molar-refractivity contribution in [2.75, 3.05) is 0 Å². The Hall–Kier alpha value is -2.09. The molecule has 0 saturated heterocycles. The van der Waals surface area contributed by atoms with Crippen molar-refractivity contribution in [3.05, 3.63) is 45.8 Å². The van der Waals surface area contributed by atoms with Crippen molar-refractivity contribution >= 4 is 34.5 Å². The second-order valence-corrected chi connectivity index (χ2v) is 5.45. The van der Waals surface area contributed by atoms with Gasteiger partial charge in [0.1, 0.15) is 27.8 Å². The zero-order valence-electron chi connectivity index (χ0n) is 10.8. The average Bonchev–Trinajstić information content (AvgIpc) is 3.10. The molecule has 1 atom stereocenters. The average molecular weight is 337 g/mol. The fraction of sp³-hybridized carbons (Fsp3) is 0.0769. The second kappa shape index (κ2) is 4.70. The van der Waals surface area contributed by atoms with E-state index in [1.807, 2.05) is 0 Å². The SMILES string of the molecule is NC1N=Nc2c1c(Cl)n1c(-c3ccc(F)cc3)nnc1c2Cl. The molecule has 3 aromatic rings. The Balaban J connectivity index is 2.06. The van der Waals surface area contributed by atoms with Gasteiger partial charge in [-0.05, 0) is 24.3 Å². The molecule has 0 aliphatic carbocycles. The van der Waals surface area contributed by atoms with E-state index in [1.165, 1.54) is 12.1 Å². The van der Waals surface area contributed by atoms with Gasteiger partial charge >= 0.3 is 0 Å². The number of pyridine rings is 1. The van der Waals surface area contributed by atoms with Crippen LogP contribution in [0.3, 0.4) is 0 Å². The minimum Gasteiger partial charge on any atom is -0.304 e. The molecular weight excluding hydrogens is 330 g/mol. The number of aromatic nitrogens is 3. The van der Waals surface area contributed by atoms with Crippen molar-refractivity contribution < 1.29 is 4.39 Å². The number of hydrogen-bond donors (Lipinski definition) is 1. The molecule has 1 aliphatic rings. The van der Waals surface area contributed by atoms with Crippen LogP contribution in [0.4, 0.5) is 10.1 Å². The molecular formula is C13H7Cl2FN6. The van der Waals surface area contributed by atoms with E-state index in [4.69, 9.17) is 28.9 Å². The molecule has 0 fully saturated rings. The summed E-state index contributed by atoms with van der Waals surface area (Å²) in [6, 6.07) is 5.82. The molecule has 3 heterocycles. The Labute approximate surface area is 133 Å². The normalized spacial score (nSPS) is 16.5. The van der Waals surface area contributed by atoms with Crippen LogP contribution in [0.25, 0.3) is 17.0 Å². The summed E-state index contributed by atoms with van der Waals surface area (Å²) in [5, 5.41) is 16.5. The maximum absolute atomic E-state index is 13.1. The summed E-state index contributed by atoms with van der Waals surface area (Å²) in [4.78, 5) is 0. The van der Waals surface area contributed by atoms with Crippen LogP contribution in [0, 0.1) is 5.82 Å². The lowest BCUT2D eigenvalue weighted by molar-refractivity contribution is 0.628. The third kappa shape index (κ3) is 1.76. The molecule has 1 aliphatic heterocycles. The van der Waals surface area contributed by atoms with Crippen LogP contribution in [0.1, 0.15) is 11.7 Å². The van der Waals surface area contributed by atoms with Gasteiger partial charge in [-0.2, -0.15) is 10.2 Å². The lowest BCUT2D eigenvalue weighted by Gasteiger charge is -2.10. The number of hydrogen-bond acceptors (Lipinski definition) is 5. The van der Waals surface area contributed by atoms with Gasteiger partial charge in [0, 0.05) is 5.56 Å². The molecule has 6 nitrogen and oxygen atoms in total. The van der Waals surface area contributed by atoms with Crippen LogP contribution in [0.2, 0.25) is 10.2 Å². The smallest absolute Gasteiger partial charge is 0.183 e. The molecule has 2 aromatic heterocycles. The van der Waals surface area contributed by atoms with Crippen LogP contribution in [0.15, 0.2) is 34.5 Å². The maximum atomic E-state index is 13.1. The zero-order valence-corrected chi connectivity index (χ0v) is 12.3. The maximum Gasteiger partial charge on any atom is 0.183 e.